The van der Waals surface area contributed by atoms with E-state index in [2.05, 4.69) is 70.6 Å². The molecule has 33 heavy (non-hydrogen) atoms. The van der Waals surface area contributed by atoms with Crippen molar-refractivity contribution in [3.63, 3.8) is 0 Å². The first-order valence-electron chi connectivity index (χ1n) is 10.5. The molecule has 4 heterocycles. The topological polar surface area (TPSA) is 3.24 Å². The predicted molar refractivity (Wildman–Crippen MR) is 119 cm³/mol. The Labute approximate surface area is 189 Å². The van der Waals surface area contributed by atoms with E-state index in [1.807, 2.05) is 8.92 Å². The molecule has 176 valence electrons. The van der Waals surface area contributed by atoms with Gasteiger partial charge in [-0.1, -0.05) is 0 Å². The molecule has 0 radical (unpaired) electrons. The third-order valence-corrected chi connectivity index (χ3v) is 16.6. The molecule has 4 aliphatic heterocycles. The van der Waals surface area contributed by atoms with Crippen LogP contribution in [0.2, 0.25) is 0 Å². The van der Waals surface area contributed by atoms with E-state index < -0.39 is 21.1 Å². The Morgan fingerprint density at radius 3 is 1.61 bits per heavy atom. The number of nitrogens with zero attached hydrogens (tertiary/aromatic N) is 2. The first kappa shape index (κ1) is 21.6. The van der Waals surface area contributed by atoms with Gasteiger partial charge in [-0.05, 0) is 0 Å². The van der Waals surface area contributed by atoms with Gasteiger partial charge in [-0.25, -0.2) is 0 Å². The molecule has 0 bridgehead atoms. The molecule has 0 saturated heterocycles. The van der Waals surface area contributed by atoms with Gasteiger partial charge >= 0.3 is 190 Å². The van der Waals surface area contributed by atoms with Crippen LogP contribution in [-0.2, 0) is 32.7 Å². The van der Waals surface area contributed by atoms with Gasteiger partial charge in [0.15, 0.2) is 0 Å². The summed E-state index contributed by atoms with van der Waals surface area (Å²) in [6.07, 6.45) is 0. The normalized spacial score (nSPS) is 29.9. The summed E-state index contributed by atoms with van der Waals surface area (Å²) in [5, 5.41) is 0. The number of hydrogen-bond donors (Lipinski definition) is 0. The molecule has 2 nitrogen and oxygen atoms in total. The van der Waals surface area contributed by atoms with Crippen LogP contribution < -0.4 is 8.92 Å². The van der Waals surface area contributed by atoms with E-state index in [1.54, 1.807) is 22.3 Å². The fourth-order valence-corrected chi connectivity index (χ4v) is 17.9. The molecule has 0 fully saturated rings. The van der Waals surface area contributed by atoms with Crippen LogP contribution in [0.25, 0.3) is 0 Å². The predicted octanol–water partition coefficient (Wildman–Crippen LogP) is 6.00. The van der Waals surface area contributed by atoms with Crippen molar-refractivity contribution in [2.45, 2.75) is 32.7 Å². The Kier molecular flexibility index (Phi) is 3.94. The zero-order chi connectivity index (χ0) is 23.3. The van der Waals surface area contributed by atoms with E-state index in [0.717, 1.165) is 0 Å². The van der Waals surface area contributed by atoms with Crippen molar-refractivity contribution in [1.82, 2.24) is 3.92 Å². The molecule has 7 rings (SSSR count). The van der Waals surface area contributed by atoms with Crippen LogP contribution in [0.4, 0.5) is 25.2 Å². The van der Waals surface area contributed by atoms with Gasteiger partial charge in [-0.15, -0.1) is 0 Å². The zero-order valence-electron chi connectivity index (χ0n) is 17.4. The van der Waals surface area contributed by atoms with Gasteiger partial charge in [0.05, 0.1) is 0 Å². The van der Waals surface area contributed by atoms with Crippen LogP contribution in [0.1, 0.15) is 27.8 Å². The monoisotopic (exact) mass is 550 g/mol. The molecule has 0 aliphatic carbocycles. The Morgan fingerprint density at radius 1 is 0.667 bits per heavy atom. The summed E-state index contributed by atoms with van der Waals surface area (Å²) < 4.78 is 67.0. The summed E-state index contributed by atoms with van der Waals surface area (Å²) in [7, 11) is -10.7. The number of quaternary nitrogens is 1. The van der Waals surface area contributed by atoms with E-state index in [0.29, 0.717) is 0 Å². The molecule has 0 atom stereocenters. The fraction of sp³-hybridized carbons (Fsp3) is 0.217. The minimum absolute atomic E-state index is 1.17. The standard InChI is InChI=1S/C23H21N2Se.F6P/c1-2-6-17(7-3-1)14-25-15-20-10-4-8-18-12-24-13-19-9-5-11-21(16-25)23(19)26(24,25)22(18)20;1-7(2,3,4,5)6/h1-11H,12-16H2;/q+1;-1. The van der Waals surface area contributed by atoms with Crippen molar-refractivity contribution >= 4 is 30.0 Å². The van der Waals surface area contributed by atoms with Crippen molar-refractivity contribution in [2.24, 2.45) is 0 Å². The van der Waals surface area contributed by atoms with Crippen LogP contribution in [0, 0.1) is 0 Å². The van der Waals surface area contributed by atoms with Gasteiger partial charge in [-0.2, -0.15) is 0 Å². The molecule has 0 saturated carbocycles. The Balaban J connectivity index is 0.000000261. The summed E-state index contributed by atoms with van der Waals surface area (Å²) in [5.74, 6) is 0. The number of rotatable bonds is 2. The van der Waals surface area contributed by atoms with Gasteiger partial charge in [0.25, 0.3) is 0 Å². The second kappa shape index (κ2) is 6.02. The summed E-state index contributed by atoms with van der Waals surface area (Å²) in [6, 6.07) is 25.5. The molecule has 0 N–H and O–H groups in total. The molecule has 3 aromatic rings. The molecule has 0 aromatic heterocycles. The van der Waals surface area contributed by atoms with Gasteiger partial charge in [0, 0.05) is 0 Å². The first-order chi connectivity index (χ1) is 15.3. The SMILES string of the molecule is F[P-](F)(F)(F)(F)F.c1ccc(C[N+]23Cc4cccc5c4[Se]24c2c(cccc2C3)CN4C5)cc1. The van der Waals surface area contributed by atoms with E-state index in [-0.39, 0.29) is 0 Å². The Bertz CT molecular complexity index is 1240. The van der Waals surface area contributed by atoms with Crippen LogP contribution in [0.15, 0.2) is 66.7 Å². The fourth-order valence-electron chi connectivity index (χ4n) is 6.11. The zero-order valence-corrected chi connectivity index (χ0v) is 20.0. The minimum atomic E-state index is -10.7. The molecular weight excluding hydrogens is 528 g/mol. The molecule has 10 heteroatoms. The van der Waals surface area contributed by atoms with Crippen molar-refractivity contribution in [2.75, 3.05) is 0 Å². The van der Waals surface area contributed by atoms with E-state index in [1.165, 1.54) is 41.8 Å². The van der Waals surface area contributed by atoms with Gasteiger partial charge in [0.2, 0.25) is 0 Å². The average molecular weight is 549 g/mol. The first-order valence-corrected chi connectivity index (χ1v) is 15.8. The van der Waals surface area contributed by atoms with Crippen molar-refractivity contribution < 1.29 is 28.7 Å². The molecular formula is C23H21F6N2PSe. The second-order valence-corrected chi connectivity index (χ2v) is 17.8. The van der Waals surface area contributed by atoms with E-state index >= 15 is 0 Å². The van der Waals surface area contributed by atoms with Crippen molar-refractivity contribution in [1.29, 1.82) is 0 Å². The molecule has 4 aliphatic rings. The molecule has 0 unspecified atom stereocenters. The second-order valence-electron chi connectivity index (χ2n) is 9.13. The number of hydrogen-bond acceptors (Lipinski definition) is 1. The van der Waals surface area contributed by atoms with Crippen molar-refractivity contribution in [3.05, 3.63) is 94.5 Å². The van der Waals surface area contributed by atoms with E-state index in [9.17, 15) is 25.2 Å². The van der Waals surface area contributed by atoms with Crippen LogP contribution >= 0.6 is 7.81 Å². The summed E-state index contributed by atoms with van der Waals surface area (Å²) in [4.78, 5) is 0. The Hall–Kier alpha value is -1.89. The summed E-state index contributed by atoms with van der Waals surface area (Å²) in [5.41, 5.74) is 8.09. The van der Waals surface area contributed by atoms with Gasteiger partial charge in [0.1, 0.15) is 0 Å². The van der Waals surface area contributed by atoms with Gasteiger partial charge < -0.3 is 0 Å². The average Bonchev–Trinajstić information content (AvgIpc) is 3.34. The van der Waals surface area contributed by atoms with Crippen molar-refractivity contribution in [3.8, 4) is 0 Å². The molecule has 3 aromatic carbocycles. The summed E-state index contributed by atoms with van der Waals surface area (Å²) >= 11 is -2.14. The third-order valence-electron chi connectivity index (χ3n) is 6.78. The van der Waals surface area contributed by atoms with Gasteiger partial charge in [-0.3, -0.25) is 0 Å². The Morgan fingerprint density at radius 2 is 1.12 bits per heavy atom. The molecule has 0 amide bonds. The maximum absolute atomic E-state index is 10.7. The van der Waals surface area contributed by atoms with Crippen LogP contribution in [0.5, 0.6) is 0 Å². The van der Waals surface area contributed by atoms with Crippen LogP contribution in [-0.4, -0.2) is 20.7 Å². The maximum atomic E-state index is 9.87. The summed E-state index contributed by atoms with van der Waals surface area (Å²) in [6.45, 7) is 5.98. The number of halogens is 6. The van der Waals surface area contributed by atoms with E-state index in [4.69, 9.17) is 0 Å². The van der Waals surface area contributed by atoms with Crippen LogP contribution in [0.3, 0.4) is 0 Å². The molecule has 1 spiro atoms. The number of benzene rings is 3. The quantitative estimate of drug-likeness (QED) is 0.216. The third kappa shape index (κ3) is 3.36.